The maximum Gasteiger partial charge on any atom is 0.253 e. The summed E-state index contributed by atoms with van der Waals surface area (Å²) >= 11 is 4.97. The Labute approximate surface area is 131 Å². The second kappa shape index (κ2) is 6.12. The second-order valence-electron chi connectivity index (χ2n) is 6.40. The minimum atomic E-state index is 0.0571. The number of benzene rings is 1. The summed E-state index contributed by atoms with van der Waals surface area (Å²) in [5.74, 6) is 0.0571. The van der Waals surface area contributed by atoms with Crippen LogP contribution in [0.2, 0.25) is 0 Å². The molecule has 5 heteroatoms. The van der Waals surface area contributed by atoms with Crippen LogP contribution in [0.25, 0.3) is 0 Å². The normalized spacial score (nSPS) is 16.8. The van der Waals surface area contributed by atoms with Gasteiger partial charge in [-0.3, -0.25) is 9.69 Å². The predicted octanol–water partition coefficient (Wildman–Crippen LogP) is 1.88. The van der Waals surface area contributed by atoms with Gasteiger partial charge in [-0.2, -0.15) is 0 Å². The molecule has 2 rings (SSSR count). The number of hydrogen-bond donors (Lipinski definition) is 1. The summed E-state index contributed by atoms with van der Waals surface area (Å²) in [5.41, 5.74) is 7.18. The van der Waals surface area contributed by atoms with Gasteiger partial charge in [0.25, 0.3) is 5.91 Å². The third-order valence-corrected chi connectivity index (χ3v) is 4.15. The van der Waals surface area contributed by atoms with E-state index in [1.165, 1.54) is 0 Å². The highest BCUT2D eigenvalue weighted by Gasteiger charge is 2.28. The van der Waals surface area contributed by atoms with E-state index >= 15 is 0 Å². The maximum atomic E-state index is 12.6. The molecule has 1 saturated heterocycles. The highest BCUT2D eigenvalue weighted by atomic mass is 32.1. The van der Waals surface area contributed by atoms with E-state index in [4.69, 9.17) is 18.0 Å². The quantitative estimate of drug-likeness (QED) is 0.848. The molecule has 1 aliphatic heterocycles. The molecule has 4 nitrogen and oxygen atoms in total. The summed E-state index contributed by atoms with van der Waals surface area (Å²) in [6.45, 7) is 9.94. The number of piperazine rings is 1. The molecule has 2 N–H and O–H groups in total. The van der Waals surface area contributed by atoms with E-state index in [-0.39, 0.29) is 11.4 Å². The maximum absolute atomic E-state index is 12.6. The van der Waals surface area contributed by atoms with Crippen LogP contribution in [-0.2, 0) is 0 Å². The summed E-state index contributed by atoms with van der Waals surface area (Å²) < 4.78 is 0. The van der Waals surface area contributed by atoms with Gasteiger partial charge in [0.05, 0.1) is 0 Å². The van der Waals surface area contributed by atoms with Crippen molar-refractivity contribution in [1.82, 2.24) is 9.80 Å². The molecule has 0 atom stereocenters. The van der Waals surface area contributed by atoms with Crippen molar-refractivity contribution in [2.75, 3.05) is 26.2 Å². The number of carbonyl (C=O) groups is 1. The van der Waals surface area contributed by atoms with Crippen LogP contribution in [0, 0.1) is 0 Å². The lowest BCUT2D eigenvalue weighted by Crippen LogP contribution is -2.54. The van der Waals surface area contributed by atoms with Crippen LogP contribution in [0.15, 0.2) is 24.3 Å². The first-order valence-corrected chi connectivity index (χ1v) is 7.64. The zero-order valence-corrected chi connectivity index (χ0v) is 13.7. The van der Waals surface area contributed by atoms with E-state index in [0.717, 1.165) is 31.7 Å². The molecule has 114 valence electrons. The molecule has 0 aliphatic carbocycles. The van der Waals surface area contributed by atoms with Crippen molar-refractivity contribution in [3.8, 4) is 0 Å². The van der Waals surface area contributed by atoms with Gasteiger partial charge in [-0.15, -0.1) is 0 Å². The number of nitrogens with zero attached hydrogens (tertiary/aromatic N) is 2. The molecule has 1 aromatic carbocycles. The van der Waals surface area contributed by atoms with Gasteiger partial charge in [0, 0.05) is 42.8 Å². The van der Waals surface area contributed by atoms with Gasteiger partial charge >= 0.3 is 0 Å². The Balaban J connectivity index is 2.05. The van der Waals surface area contributed by atoms with Crippen molar-refractivity contribution in [3.63, 3.8) is 0 Å². The zero-order chi connectivity index (χ0) is 15.6. The predicted molar refractivity (Wildman–Crippen MR) is 89.6 cm³/mol. The number of amides is 1. The van der Waals surface area contributed by atoms with E-state index in [9.17, 15) is 4.79 Å². The SMILES string of the molecule is CC(C)(C)N1CCN(C(=O)c2cccc(C(N)=S)c2)CC1. The lowest BCUT2D eigenvalue weighted by Gasteiger charge is -2.42. The van der Waals surface area contributed by atoms with Gasteiger partial charge in [0.15, 0.2) is 0 Å². The summed E-state index contributed by atoms with van der Waals surface area (Å²) in [7, 11) is 0. The van der Waals surface area contributed by atoms with Crippen molar-refractivity contribution in [3.05, 3.63) is 35.4 Å². The number of nitrogens with two attached hydrogens (primary N) is 1. The molecular formula is C16H23N3OS. The van der Waals surface area contributed by atoms with Crippen molar-refractivity contribution in [2.45, 2.75) is 26.3 Å². The lowest BCUT2D eigenvalue weighted by molar-refractivity contribution is 0.0451. The van der Waals surface area contributed by atoms with Gasteiger partial charge in [0.1, 0.15) is 4.99 Å². The molecule has 0 saturated carbocycles. The van der Waals surface area contributed by atoms with Crippen LogP contribution in [0.3, 0.4) is 0 Å². The van der Waals surface area contributed by atoms with Crippen molar-refractivity contribution in [2.24, 2.45) is 5.73 Å². The first-order chi connectivity index (χ1) is 9.79. The average molecular weight is 305 g/mol. The fraction of sp³-hybridized carbons (Fsp3) is 0.500. The summed E-state index contributed by atoms with van der Waals surface area (Å²) in [4.78, 5) is 17.2. The Morgan fingerprint density at radius 2 is 1.71 bits per heavy atom. The van der Waals surface area contributed by atoms with Gasteiger partial charge in [-0.25, -0.2) is 0 Å². The molecule has 0 spiro atoms. The van der Waals surface area contributed by atoms with Crippen LogP contribution in [-0.4, -0.2) is 52.4 Å². The molecule has 21 heavy (non-hydrogen) atoms. The first-order valence-electron chi connectivity index (χ1n) is 7.23. The van der Waals surface area contributed by atoms with E-state index in [1.54, 1.807) is 6.07 Å². The number of rotatable bonds is 2. The molecule has 0 aromatic heterocycles. The molecule has 1 fully saturated rings. The lowest BCUT2D eigenvalue weighted by atomic mass is 10.0. The van der Waals surface area contributed by atoms with E-state index in [0.29, 0.717) is 10.6 Å². The Bertz CT molecular complexity index is 543. The van der Waals surface area contributed by atoms with E-state index in [1.807, 2.05) is 23.1 Å². The molecule has 1 heterocycles. The van der Waals surface area contributed by atoms with Crippen LogP contribution in [0.4, 0.5) is 0 Å². The van der Waals surface area contributed by atoms with E-state index in [2.05, 4.69) is 25.7 Å². The minimum Gasteiger partial charge on any atom is -0.389 e. The van der Waals surface area contributed by atoms with Gasteiger partial charge in [-0.05, 0) is 32.9 Å². The topological polar surface area (TPSA) is 49.6 Å². The molecular weight excluding hydrogens is 282 g/mol. The monoisotopic (exact) mass is 305 g/mol. The van der Waals surface area contributed by atoms with Crippen LogP contribution in [0.5, 0.6) is 0 Å². The fourth-order valence-electron chi connectivity index (χ4n) is 2.57. The standard InChI is InChI=1S/C16H23N3OS/c1-16(2,3)19-9-7-18(8-10-19)15(20)13-6-4-5-12(11-13)14(17)21/h4-6,11H,7-10H2,1-3H3,(H2,17,21). The van der Waals surface area contributed by atoms with Crippen LogP contribution < -0.4 is 5.73 Å². The van der Waals surface area contributed by atoms with Crippen molar-refractivity contribution >= 4 is 23.1 Å². The fourth-order valence-corrected chi connectivity index (χ4v) is 2.70. The highest BCUT2D eigenvalue weighted by molar-refractivity contribution is 7.80. The molecule has 1 amide bonds. The number of hydrogen-bond acceptors (Lipinski definition) is 3. The number of carbonyl (C=O) groups excluding carboxylic acids is 1. The highest BCUT2D eigenvalue weighted by Crippen LogP contribution is 2.17. The Morgan fingerprint density at radius 1 is 1.14 bits per heavy atom. The number of thiocarbonyl (C=S) groups is 1. The Morgan fingerprint density at radius 3 is 2.24 bits per heavy atom. The Hall–Kier alpha value is -1.46. The van der Waals surface area contributed by atoms with Crippen LogP contribution >= 0.6 is 12.2 Å². The average Bonchev–Trinajstić information content (AvgIpc) is 2.46. The van der Waals surface area contributed by atoms with Crippen molar-refractivity contribution < 1.29 is 4.79 Å². The molecule has 0 bridgehead atoms. The van der Waals surface area contributed by atoms with Crippen molar-refractivity contribution in [1.29, 1.82) is 0 Å². The third-order valence-electron chi connectivity index (χ3n) is 3.91. The van der Waals surface area contributed by atoms with Gasteiger partial charge in [-0.1, -0.05) is 24.4 Å². The van der Waals surface area contributed by atoms with Crippen LogP contribution in [0.1, 0.15) is 36.7 Å². The third kappa shape index (κ3) is 3.80. The van der Waals surface area contributed by atoms with Gasteiger partial charge < -0.3 is 10.6 Å². The summed E-state index contributed by atoms with van der Waals surface area (Å²) in [5, 5.41) is 0. The molecule has 1 aromatic rings. The first kappa shape index (κ1) is 15.9. The second-order valence-corrected chi connectivity index (χ2v) is 6.83. The van der Waals surface area contributed by atoms with Gasteiger partial charge in [0.2, 0.25) is 0 Å². The largest absolute Gasteiger partial charge is 0.389 e. The minimum absolute atomic E-state index is 0.0571. The Kier molecular flexibility index (Phi) is 4.64. The molecule has 0 unspecified atom stereocenters. The summed E-state index contributed by atoms with van der Waals surface area (Å²) in [6, 6.07) is 7.25. The smallest absolute Gasteiger partial charge is 0.253 e. The van der Waals surface area contributed by atoms with E-state index < -0.39 is 0 Å². The summed E-state index contributed by atoms with van der Waals surface area (Å²) in [6.07, 6.45) is 0. The zero-order valence-electron chi connectivity index (χ0n) is 12.9. The molecule has 1 aliphatic rings. The molecule has 0 radical (unpaired) electrons.